The van der Waals surface area contributed by atoms with Crippen molar-refractivity contribution in [2.75, 3.05) is 5.32 Å². The summed E-state index contributed by atoms with van der Waals surface area (Å²) in [6.45, 7) is 0. The van der Waals surface area contributed by atoms with Crippen LogP contribution >= 0.6 is 11.6 Å². The zero-order chi connectivity index (χ0) is 15.1. The van der Waals surface area contributed by atoms with Gasteiger partial charge in [-0.3, -0.25) is 9.59 Å². The number of carboxylic acid groups (broad SMARTS) is 1. The van der Waals surface area contributed by atoms with Gasteiger partial charge < -0.3 is 15.2 Å². The molecule has 21 heavy (non-hydrogen) atoms. The van der Waals surface area contributed by atoms with Gasteiger partial charge in [-0.15, -0.1) is 0 Å². The lowest BCUT2D eigenvalue weighted by molar-refractivity contribution is -0.147. The second-order valence-corrected chi connectivity index (χ2v) is 5.73. The molecule has 2 saturated heterocycles. The summed E-state index contributed by atoms with van der Waals surface area (Å²) < 4.78 is 19.2. The lowest BCUT2D eigenvalue weighted by Gasteiger charge is -2.23. The van der Waals surface area contributed by atoms with Crippen LogP contribution in [0.4, 0.5) is 10.1 Å². The molecular weight excluding hydrogens is 301 g/mol. The summed E-state index contributed by atoms with van der Waals surface area (Å²) in [6, 6.07) is 3.88. The monoisotopic (exact) mass is 313 g/mol. The van der Waals surface area contributed by atoms with Crippen LogP contribution in [0.15, 0.2) is 18.2 Å². The zero-order valence-electron chi connectivity index (χ0n) is 10.9. The molecular formula is C14H13ClFNO4. The number of carbonyl (C=O) groups is 2. The molecule has 0 spiro atoms. The predicted molar refractivity (Wildman–Crippen MR) is 72.6 cm³/mol. The fourth-order valence-electron chi connectivity index (χ4n) is 3.13. The van der Waals surface area contributed by atoms with E-state index >= 15 is 0 Å². The quantitative estimate of drug-likeness (QED) is 0.898. The molecule has 1 aromatic carbocycles. The van der Waals surface area contributed by atoms with Gasteiger partial charge in [0.05, 0.1) is 29.7 Å². The third-order valence-corrected chi connectivity index (χ3v) is 4.29. The number of rotatable bonds is 3. The van der Waals surface area contributed by atoms with E-state index in [0.717, 1.165) is 6.07 Å². The number of nitrogens with one attached hydrogen (secondary N) is 1. The Balaban J connectivity index is 1.80. The van der Waals surface area contributed by atoms with E-state index in [9.17, 15) is 19.1 Å². The van der Waals surface area contributed by atoms with Gasteiger partial charge in [0.25, 0.3) is 0 Å². The molecule has 0 aromatic heterocycles. The second kappa shape index (κ2) is 5.27. The third-order valence-electron chi connectivity index (χ3n) is 4.05. The largest absolute Gasteiger partial charge is 0.481 e. The van der Waals surface area contributed by atoms with E-state index in [1.54, 1.807) is 0 Å². The molecule has 0 radical (unpaired) electrons. The number of hydrogen-bond donors (Lipinski definition) is 2. The van der Waals surface area contributed by atoms with E-state index in [1.165, 1.54) is 12.1 Å². The van der Waals surface area contributed by atoms with Gasteiger partial charge in [0.1, 0.15) is 5.82 Å². The van der Waals surface area contributed by atoms with Gasteiger partial charge in [0, 0.05) is 5.02 Å². The predicted octanol–water partition coefficient (Wildman–Crippen LogP) is 2.30. The number of ether oxygens (including phenoxy) is 1. The highest BCUT2D eigenvalue weighted by Gasteiger charge is 2.55. The Bertz CT molecular complexity index is 609. The SMILES string of the molecule is O=C(O)[C@H]1[C@H](C(=O)Nc2ccc(Cl)cc2F)[C@H]2CC[C@H]1O2. The highest BCUT2D eigenvalue weighted by atomic mass is 35.5. The summed E-state index contributed by atoms with van der Waals surface area (Å²) in [4.78, 5) is 23.6. The van der Waals surface area contributed by atoms with Gasteiger partial charge in [-0.25, -0.2) is 4.39 Å². The Morgan fingerprint density at radius 2 is 1.95 bits per heavy atom. The van der Waals surface area contributed by atoms with Crippen molar-refractivity contribution in [3.05, 3.63) is 29.0 Å². The minimum absolute atomic E-state index is 0.0173. The zero-order valence-corrected chi connectivity index (χ0v) is 11.6. The summed E-state index contributed by atoms with van der Waals surface area (Å²) in [5.74, 6) is -3.92. The number of fused-ring (bicyclic) bond motifs is 2. The highest BCUT2D eigenvalue weighted by molar-refractivity contribution is 6.30. The maximum Gasteiger partial charge on any atom is 0.310 e. The number of anilines is 1. The lowest BCUT2D eigenvalue weighted by atomic mass is 9.78. The van der Waals surface area contributed by atoms with Gasteiger partial charge >= 0.3 is 5.97 Å². The summed E-state index contributed by atoms with van der Waals surface area (Å²) in [5.41, 5.74) is -0.0173. The van der Waals surface area contributed by atoms with Crippen LogP contribution in [0.1, 0.15) is 12.8 Å². The molecule has 2 bridgehead atoms. The van der Waals surface area contributed by atoms with Crippen LogP contribution in [0, 0.1) is 17.7 Å². The molecule has 2 heterocycles. The molecule has 1 aromatic rings. The molecule has 0 unspecified atom stereocenters. The fraction of sp³-hybridized carbons (Fsp3) is 0.429. The standard InChI is InChI=1S/C14H13ClFNO4/c15-6-1-2-8(7(16)5-6)17-13(18)11-9-3-4-10(21-9)12(11)14(19)20/h1-2,5,9-12H,3-4H2,(H,17,18)(H,19,20)/t9-,10-,11-,12-/m1/s1. The Morgan fingerprint density at radius 1 is 1.29 bits per heavy atom. The van der Waals surface area contributed by atoms with Crippen LogP contribution in [0.5, 0.6) is 0 Å². The minimum atomic E-state index is -1.06. The number of carboxylic acids is 1. The van der Waals surface area contributed by atoms with Crippen molar-refractivity contribution in [1.29, 1.82) is 0 Å². The van der Waals surface area contributed by atoms with Crippen LogP contribution in [0.2, 0.25) is 5.02 Å². The molecule has 4 atom stereocenters. The summed E-state index contributed by atoms with van der Waals surface area (Å²) in [5, 5.41) is 11.9. The van der Waals surface area contributed by atoms with Crippen molar-refractivity contribution in [2.24, 2.45) is 11.8 Å². The topological polar surface area (TPSA) is 75.6 Å². The maximum atomic E-state index is 13.7. The number of benzene rings is 1. The van der Waals surface area contributed by atoms with Crippen molar-refractivity contribution >= 4 is 29.2 Å². The molecule has 2 aliphatic heterocycles. The van der Waals surface area contributed by atoms with E-state index < -0.39 is 41.7 Å². The van der Waals surface area contributed by atoms with Crippen LogP contribution < -0.4 is 5.32 Å². The summed E-state index contributed by atoms with van der Waals surface area (Å²) in [7, 11) is 0. The molecule has 5 nitrogen and oxygen atoms in total. The van der Waals surface area contributed by atoms with Crippen molar-refractivity contribution in [3.63, 3.8) is 0 Å². The van der Waals surface area contributed by atoms with E-state index in [2.05, 4.69) is 5.32 Å². The number of hydrogen-bond acceptors (Lipinski definition) is 3. The van der Waals surface area contributed by atoms with Crippen molar-refractivity contribution < 1.29 is 23.8 Å². The maximum absolute atomic E-state index is 13.7. The first-order valence-corrected chi connectivity index (χ1v) is 6.99. The normalized spacial score (nSPS) is 30.4. The number of aliphatic carboxylic acids is 1. The molecule has 2 fully saturated rings. The van der Waals surface area contributed by atoms with Gasteiger partial charge in [-0.05, 0) is 31.0 Å². The van der Waals surface area contributed by atoms with Crippen molar-refractivity contribution in [1.82, 2.24) is 0 Å². The van der Waals surface area contributed by atoms with Gasteiger partial charge in [-0.1, -0.05) is 11.6 Å². The molecule has 0 aliphatic carbocycles. The second-order valence-electron chi connectivity index (χ2n) is 5.29. The lowest BCUT2D eigenvalue weighted by Crippen LogP contribution is -2.41. The minimum Gasteiger partial charge on any atom is -0.481 e. The smallest absolute Gasteiger partial charge is 0.310 e. The summed E-state index contributed by atoms with van der Waals surface area (Å²) in [6.07, 6.45) is 0.445. The van der Waals surface area contributed by atoms with E-state index in [-0.39, 0.29) is 10.7 Å². The average molecular weight is 314 g/mol. The first kappa shape index (κ1) is 14.3. The molecule has 3 rings (SSSR count). The van der Waals surface area contributed by atoms with Gasteiger partial charge in [0.15, 0.2) is 0 Å². The Morgan fingerprint density at radius 3 is 2.57 bits per heavy atom. The van der Waals surface area contributed by atoms with Crippen molar-refractivity contribution in [2.45, 2.75) is 25.0 Å². The van der Waals surface area contributed by atoms with Gasteiger partial charge in [0.2, 0.25) is 5.91 Å². The number of halogens is 2. The van der Waals surface area contributed by atoms with E-state index in [1.807, 2.05) is 0 Å². The molecule has 0 saturated carbocycles. The summed E-state index contributed by atoms with van der Waals surface area (Å²) >= 11 is 5.65. The average Bonchev–Trinajstić information content (AvgIpc) is 3.02. The Labute approximate surface area is 125 Å². The van der Waals surface area contributed by atoms with E-state index in [0.29, 0.717) is 12.8 Å². The van der Waals surface area contributed by atoms with Crippen molar-refractivity contribution in [3.8, 4) is 0 Å². The molecule has 112 valence electrons. The Kier molecular flexibility index (Phi) is 3.59. The molecule has 1 amide bonds. The Hall–Kier alpha value is -1.66. The molecule has 7 heteroatoms. The van der Waals surface area contributed by atoms with Crippen LogP contribution in [-0.4, -0.2) is 29.2 Å². The highest BCUT2D eigenvalue weighted by Crippen LogP contribution is 2.44. The van der Waals surface area contributed by atoms with Crippen LogP contribution in [0.3, 0.4) is 0 Å². The first-order chi connectivity index (χ1) is 9.97. The van der Waals surface area contributed by atoms with E-state index in [4.69, 9.17) is 16.3 Å². The van der Waals surface area contributed by atoms with Crippen LogP contribution in [0.25, 0.3) is 0 Å². The van der Waals surface area contributed by atoms with Gasteiger partial charge in [-0.2, -0.15) is 0 Å². The third kappa shape index (κ3) is 2.49. The molecule has 2 aliphatic rings. The number of amides is 1. The fourth-order valence-corrected chi connectivity index (χ4v) is 3.29. The first-order valence-electron chi connectivity index (χ1n) is 6.61. The van der Waals surface area contributed by atoms with Crippen LogP contribution in [-0.2, 0) is 14.3 Å². The number of carbonyl (C=O) groups excluding carboxylic acids is 1. The molecule has 2 N–H and O–H groups in total.